The fraction of sp³-hybridized carbons (Fsp3) is 0.500. The summed E-state index contributed by atoms with van der Waals surface area (Å²) in [5.74, 6) is -0.289. The van der Waals surface area contributed by atoms with E-state index in [4.69, 9.17) is 11.6 Å². The third-order valence-electron chi connectivity index (χ3n) is 3.96. The van der Waals surface area contributed by atoms with E-state index < -0.39 is 6.04 Å². The van der Waals surface area contributed by atoms with Gasteiger partial charge in [-0.1, -0.05) is 18.5 Å². The fourth-order valence-corrected chi connectivity index (χ4v) is 2.63. The summed E-state index contributed by atoms with van der Waals surface area (Å²) in [5.41, 5.74) is 0.500. The molecule has 0 aliphatic carbocycles. The molecule has 1 saturated heterocycles. The van der Waals surface area contributed by atoms with Crippen LogP contribution in [-0.2, 0) is 4.79 Å². The van der Waals surface area contributed by atoms with Crippen molar-refractivity contribution in [1.29, 1.82) is 0 Å². The highest BCUT2D eigenvalue weighted by Gasteiger charge is 2.25. The number of rotatable bonds is 4. The van der Waals surface area contributed by atoms with Crippen molar-refractivity contribution in [1.82, 2.24) is 15.1 Å². The van der Waals surface area contributed by atoms with Gasteiger partial charge in [0.25, 0.3) is 5.91 Å². The number of carbonyl (C=O) groups is 2. The number of carbonyl (C=O) groups excluding carboxylic acids is 2. The molecule has 0 aromatic heterocycles. The van der Waals surface area contributed by atoms with Gasteiger partial charge in [-0.2, -0.15) is 0 Å². The molecule has 5 nitrogen and oxygen atoms in total. The van der Waals surface area contributed by atoms with Gasteiger partial charge in [-0.25, -0.2) is 0 Å². The van der Waals surface area contributed by atoms with Gasteiger partial charge in [0.05, 0.1) is 0 Å². The van der Waals surface area contributed by atoms with E-state index in [-0.39, 0.29) is 11.8 Å². The van der Waals surface area contributed by atoms with E-state index in [0.717, 1.165) is 19.6 Å². The first kappa shape index (κ1) is 16.8. The second-order valence-corrected chi connectivity index (χ2v) is 5.90. The van der Waals surface area contributed by atoms with Crippen LogP contribution in [-0.4, -0.2) is 60.4 Å². The first-order chi connectivity index (χ1) is 10.5. The minimum absolute atomic E-state index is 0.0296. The molecule has 2 amide bonds. The molecule has 0 bridgehead atoms. The normalized spacial score (nSPS) is 17.1. The molecule has 0 saturated carbocycles. The predicted molar refractivity (Wildman–Crippen MR) is 87.1 cm³/mol. The molecule has 1 heterocycles. The number of piperazine rings is 1. The number of benzene rings is 1. The summed E-state index contributed by atoms with van der Waals surface area (Å²) >= 11 is 5.80. The Morgan fingerprint density at radius 1 is 1.18 bits per heavy atom. The Bertz CT molecular complexity index is 525. The smallest absolute Gasteiger partial charge is 0.251 e. The largest absolute Gasteiger partial charge is 0.341 e. The van der Waals surface area contributed by atoms with Gasteiger partial charge in [-0.3, -0.25) is 9.59 Å². The van der Waals surface area contributed by atoms with Gasteiger partial charge < -0.3 is 15.1 Å². The average Bonchev–Trinajstić information content (AvgIpc) is 2.54. The number of halogens is 1. The quantitative estimate of drug-likeness (QED) is 0.916. The Morgan fingerprint density at radius 3 is 2.32 bits per heavy atom. The number of amides is 2. The van der Waals surface area contributed by atoms with Gasteiger partial charge in [0.1, 0.15) is 6.04 Å². The van der Waals surface area contributed by atoms with Gasteiger partial charge in [-0.15, -0.1) is 0 Å². The van der Waals surface area contributed by atoms with Crippen molar-refractivity contribution >= 4 is 23.4 Å². The fourth-order valence-electron chi connectivity index (χ4n) is 2.50. The number of nitrogens with one attached hydrogen (secondary N) is 1. The first-order valence-electron chi connectivity index (χ1n) is 7.59. The maximum atomic E-state index is 12.4. The van der Waals surface area contributed by atoms with Crippen LogP contribution >= 0.6 is 11.6 Å². The van der Waals surface area contributed by atoms with E-state index in [0.29, 0.717) is 23.7 Å². The van der Waals surface area contributed by atoms with Gasteiger partial charge in [-0.05, 0) is 37.7 Å². The van der Waals surface area contributed by atoms with Crippen molar-refractivity contribution in [2.75, 3.05) is 32.7 Å². The lowest BCUT2D eigenvalue weighted by atomic mass is 10.2. The van der Waals surface area contributed by atoms with Crippen molar-refractivity contribution < 1.29 is 9.59 Å². The highest BCUT2D eigenvalue weighted by Crippen LogP contribution is 2.10. The van der Waals surface area contributed by atoms with Gasteiger partial charge >= 0.3 is 0 Å². The van der Waals surface area contributed by atoms with Crippen LogP contribution in [0.2, 0.25) is 5.02 Å². The molecule has 6 heteroatoms. The minimum Gasteiger partial charge on any atom is -0.341 e. The SMILES string of the molecule is CCN1CCN(C(=O)C(C)NC(=O)c2ccc(Cl)cc2)CC1. The molecule has 1 unspecified atom stereocenters. The zero-order chi connectivity index (χ0) is 16.1. The summed E-state index contributed by atoms with van der Waals surface area (Å²) < 4.78 is 0. The van der Waals surface area contributed by atoms with Crippen molar-refractivity contribution in [3.05, 3.63) is 34.9 Å². The average molecular weight is 324 g/mol. The van der Waals surface area contributed by atoms with E-state index in [9.17, 15) is 9.59 Å². The van der Waals surface area contributed by atoms with E-state index in [1.807, 2.05) is 4.90 Å². The van der Waals surface area contributed by atoms with Crippen LogP contribution in [0.1, 0.15) is 24.2 Å². The van der Waals surface area contributed by atoms with Crippen molar-refractivity contribution in [3.8, 4) is 0 Å². The molecule has 1 aromatic carbocycles. The number of hydrogen-bond donors (Lipinski definition) is 1. The highest BCUT2D eigenvalue weighted by atomic mass is 35.5. The topological polar surface area (TPSA) is 52.6 Å². The lowest BCUT2D eigenvalue weighted by Crippen LogP contribution is -2.54. The van der Waals surface area contributed by atoms with Crippen LogP contribution in [0, 0.1) is 0 Å². The molecular formula is C16H22ClN3O2. The third-order valence-corrected chi connectivity index (χ3v) is 4.21. The van der Waals surface area contributed by atoms with Gasteiger partial charge in [0.2, 0.25) is 5.91 Å². The Kier molecular flexibility index (Phi) is 5.80. The standard InChI is InChI=1S/C16H22ClN3O2/c1-3-19-8-10-20(11-9-19)16(22)12(2)18-15(21)13-4-6-14(17)7-5-13/h4-7,12H,3,8-11H2,1-2H3,(H,18,21). The summed E-state index contributed by atoms with van der Waals surface area (Å²) in [5, 5.41) is 3.33. The molecule has 1 aliphatic heterocycles. The zero-order valence-electron chi connectivity index (χ0n) is 13.0. The summed E-state index contributed by atoms with van der Waals surface area (Å²) in [7, 11) is 0. The second kappa shape index (κ2) is 7.61. The summed E-state index contributed by atoms with van der Waals surface area (Å²) in [6.45, 7) is 8.06. The molecule has 0 spiro atoms. The lowest BCUT2D eigenvalue weighted by Gasteiger charge is -2.35. The number of hydrogen-bond acceptors (Lipinski definition) is 3. The van der Waals surface area contributed by atoms with Crippen LogP contribution in [0.15, 0.2) is 24.3 Å². The first-order valence-corrected chi connectivity index (χ1v) is 7.96. The Morgan fingerprint density at radius 2 is 1.77 bits per heavy atom. The molecule has 0 radical (unpaired) electrons. The Hall–Kier alpha value is -1.59. The molecule has 1 aromatic rings. The summed E-state index contributed by atoms with van der Waals surface area (Å²) in [6.07, 6.45) is 0. The van der Waals surface area contributed by atoms with E-state index >= 15 is 0 Å². The van der Waals surface area contributed by atoms with Crippen LogP contribution in [0.25, 0.3) is 0 Å². The second-order valence-electron chi connectivity index (χ2n) is 5.46. The molecule has 22 heavy (non-hydrogen) atoms. The van der Waals surface area contributed by atoms with Crippen molar-refractivity contribution in [2.24, 2.45) is 0 Å². The summed E-state index contributed by atoms with van der Waals surface area (Å²) in [4.78, 5) is 28.6. The van der Waals surface area contributed by atoms with E-state index in [1.165, 1.54) is 0 Å². The maximum Gasteiger partial charge on any atom is 0.251 e. The lowest BCUT2D eigenvalue weighted by molar-refractivity contribution is -0.134. The van der Waals surface area contributed by atoms with Crippen LogP contribution in [0.4, 0.5) is 0 Å². The molecule has 1 atom stereocenters. The maximum absolute atomic E-state index is 12.4. The van der Waals surface area contributed by atoms with E-state index in [2.05, 4.69) is 17.1 Å². The van der Waals surface area contributed by atoms with Crippen LogP contribution < -0.4 is 5.32 Å². The molecular weight excluding hydrogens is 302 g/mol. The Labute approximate surface area is 136 Å². The minimum atomic E-state index is -0.531. The molecule has 1 N–H and O–H groups in total. The highest BCUT2D eigenvalue weighted by molar-refractivity contribution is 6.30. The van der Waals surface area contributed by atoms with Crippen LogP contribution in [0.3, 0.4) is 0 Å². The van der Waals surface area contributed by atoms with Gasteiger partial charge in [0.15, 0.2) is 0 Å². The molecule has 1 fully saturated rings. The molecule has 120 valence electrons. The Balaban J connectivity index is 1.88. The monoisotopic (exact) mass is 323 g/mol. The van der Waals surface area contributed by atoms with E-state index in [1.54, 1.807) is 31.2 Å². The molecule has 1 aliphatic rings. The third kappa shape index (κ3) is 4.21. The van der Waals surface area contributed by atoms with Crippen molar-refractivity contribution in [2.45, 2.75) is 19.9 Å². The number of likely N-dealkylation sites (N-methyl/N-ethyl adjacent to an activating group) is 1. The number of nitrogens with zero attached hydrogens (tertiary/aromatic N) is 2. The molecule has 2 rings (SSSR count). The van der Waals surface area contributed by atoms with Crippen LogP contribution in [0.5, 0.6) is 0 Å². The zero-order valence-corrected chi connectivity index (χ0v) is 13.8. The van der Waals surface area contributed by atoms with Gasteiger partial charge in [0, 0.05) is 36.8 Å². The predicted octanol–water partition coefficient (Wildman–Crippen LogP) is 1.62. The van der Waals surface area contributed by atoms with Crippen molar-refractivity contribution in [3.63, 3.8) is 0 Å². The summed E-state index contributed by atoms with van der Waals surface area (Å²) in [6, 6.07) is 6.08.